The maximum atomic E-state index is 2.40. The zero-order valence-corrected chi connectivity index (χ0v) is 9.84. The Labute approximate surface area is 84.1 Å². The Hall–Kier alpha value is 0. The van der Waals surface area contributed by atoms with E-state index in [-0.39, 0.29) is 0 Å². The Bertz CT molecular complexity index is 125. The highest BCUT2D eigenvalue weighted by molar-refractivity contribution is 4.79. The molecule has 78 valence electrons. The first-order valence-electron chi connectivity index (χ1n) is 6.17. The summed E-state index contributed by atoms with van der Waals surface area (Å²) in [5.74, 6) is 3.99. The minimum absolute atomic E-state index is 0.906. The smallest absolute Gasteiger partial charge is 0.0386 e. The van der Waals surface area contributed by atoms with Gasteiger partial charge in [-0.2, -0.15) is 0 Å². The fourth-order valence-corrected chi connectivity index (χ4v) is 2.83. The van der Waals surface area contributed by atoms with Gasteiger partial charge < -0.3 is 0 Å². The summed E-state index contributed by atoms with van der Waals surface area (Å²) in [4.78, 5) is 0. The van der Waals surface area contributed by atoms with Gasteiger partial charge in [0.05, 0.1) is 0 Å². The van der Waals surface area contributed by atoms with Gasteiger partial charge in [0.1, 0.15) is 0 Å². The van der Waals surface area contributed by atoms with Gasteiger partial charge in [-0.25, -0.2) is 0 Å². The van der Waals surface area contributed by atoms with E-state index in [0.29, 0.717) is 0 Å². The van der Waals surface area contributed by atoms with Gasteiger partial charge in [0.15, 0.2) is 0 Å². The largest absolute Gasteiger partial charge is 0.0651 e. The molecule has 13 heavy (non-hydrogen) atoms. The van der Waals surface area contributed by atoms with E-state index in [1.807, 2.05) is 0 Å². The van der Waals surface area contributed by atoms with Crippen LogP contribution in [0.1, 0.15) is 59.8 Å². The fourth-order valence-electron chi connectivity index (χ4n) is 2.83. The summed E-state index contributed by atoms with van der Waals surface area (Å²) in [5.41, 5.74) is 0. The van der Waals surface area contributed by atoms with Crippen molar-refractivity contribution in [3.63, 3.8) is 0 Å². The van der Waals surface area contributed by atoms with Gasteiger partial charge in [-0.05, 0) is 42.9 Å². The molecule has 1 rings (SSSR count). The summed E-state index contributed by atoms with van der Waals surface area (Å²) >= 11 is 0. The van der Waals surface area contributed by atoms with Crippen LogP contribution >= 0.6 is 0 Å². The third-order valence-electron chi connectivity index (χ3n) is 4.04. The molecule has 0 N–H and O–H groups in total. The van der Waals surface area contributed by atoms with Gasteiger partial charge in [0, 0.05) is 0 Å². The Morgan fingerprint density at radius 3 is 1.69 bits per heavy atom. The molecule has 0 heteroatoms. The number of hydrogen-bond acceptors (Lipinski definition) is 0. The van der Waals surface area contributed by atoms with E-state index in [0.717, 1.165) is 23.7 Å². The standard InChI is InChI=1S/C13H26/c1-5-11-7-12(6-2)9-13(8-11)10(3)4/h10-13H,5-9H2,1-4H3. The Balaban J connectivity index is 2.49. The Morgan fingerprint density at radius 1 is 0.923 bits per heavy atom. The van der Waals surface area contributed by atoms with Crippen LogP contribution in [0.15, 0.2) is 0 Å². The van der Waals surface area contributed by atoms with Crippen LogP contribution in [0.25, 0.3) is 0 Å². The number of hydrogen-bond donors (Lipinski definition) is 0. The van der Waals surface area contributed by atoms with Crippen molar-refractivity contribution in [1.82, 2.24) is 0 Å². The predicted octanol–water partition coefficient (Wildman–Crippen LogP) is 4.49. The second kappa shape index (κ2) is 5.02. The van der Waals surface area contributed by atoms with Crippen molar-refractivity contribution in [1.29, 1.82) is 0 Å². The molecular formula is C13H26. The van der Waals surface area contributed by atoms with Crippen LogP contribution in [0, 0.1) is 23.7 Å². The third kappa shape index (κ3) is 3.00. The summed E-state index contributed by atoms with van der Waals surface area (Å²) in [7, 11) is 0. The van der Waals surface area contributed by atoms with Crippen LogP contribution in [-0.2, 0) is 0 Å². The molecule has 0 aromatic rings. The van der Waals surface area contributed by atoms with Crippen molar-refractivity contribution in [2.75, 3.05) is 0 Å². The molecule has 1 saturated carbocycles. The molecule has 0 heterocycles. The van der Waals surface area contributed by atoms with Crippen LogP contribution < -0.4 is 0 Å². The molecule has 1 fully saturated rings. The normalized spacial score (nSPS) is 35.3. The van der Waals surface area contributed by atoms with E-state index in [4.69, 9.17) is 0 Å². The van der Waals surface area contributed by atoms with Crippen LogP contribution in [0.4, 0.5) is 0 Å². The lowest BCUT2D eigenvalue weighted by Gasteiger charge is -2.36. The summed E-state index contributed by atoms with van der Waals surface area (Å²) < 4.78 is 0. The maximum Gasteiger partial charge on any atom is -0.0386 e. The second-order valence-corrected chi connectivity index (χ2v) is 5.26. The Morgan fingerprint density at radius 2 is 1.38 bits per heavy atom. The molecule has 0 bridgehead atoms. The quantitative estimate of drug-likeness (QED) is 0.603. The van der Waals surface area contributed by atoms with E-state index < -0.39 is 0 Å². The molecule has 0 aliphatic heterocycles. The zero-order chi connectivity index (χ0) is 9.84. The molecule has 0 spiro atoms. The van der Waals surface area contributed by atoms with E-state index in [2.05, 4.69) is 27.7 Å². The van der Waals surface area contributed by atoms with Gasteiger partial charge >= 0.3 is 0 Å². The summed E-state index contributed by atoms with van der Waals surface area (Å²) in [6.07, 6.45) is 7.32. The monoisotopic (exact) mass is 182 g/mol. The molecule has 0 nitrogen and oxygen atoms in total. The first-order valence-corrected chi connectivity index (χ1v) is 6.17. The molecule has 0 aromatic heterocycles. The highest BCUT2D eigenvalue weighted by Gasteiger charge is 2.28. The zero-order valence-electron chi connectivity index (χ0n) is 9.84. The van der Waals surface area contributed by atoms with Gasteiger partial charge in [0.2, 0.25) is 0 Å². The van der Waals surface area contributed by atoms with E-state index >= 15 is 0 Å². The second-order valence-electron chi connectivity index (χ2n) is 5.26. The fraction of sp³-hybridized carbons (Fsp3) is 1.00. The molecule has 1 aliphatic carbocycles. The minimum atomic E-state index is 0.906. The third-order valence-corrected chi connectivity index (χ3v) is 4.04. The van der Waals surface area contributed by atoms with Crippen molar-refractivity contribution < 1.29 is 0 Å². The van der Waals surface area contributed by atoms with Crippen LogP contribution in [0.5, 0.6) is 0 Å². The van der Waals surface area contributed by atoms with E-state index in [1.165, 1.54) is 32.1 Å². The minimum Gasteiger partial charge on any atom is -0.0651 e. The van der Waals surface area contributed by atoms with Crippen LogP contribution in [-0.4, -0.2) is 0 Å². The van der Waals surface area contributed by atoms with E-state index in [1.54, 1.807) is 0 Å². The van der Waals surface area contributed by atoms with Gasteiger partial charge in [0.25, 0.3) is 0 Å². The summed E-state index contributed by atoms with van der Waals surface area (Å²) in [5, 5.41) is 0. The average molecular weight is 182 g/mol. The molecule has 2 atom stereocenters. The first-order chi connectivity index (χ1) is 6.17. The van der Waals surface area contributed by atoms with Crippen LogP contribution in [0.3, 0.4) is 0 Å². The number of rotatable bonds is 3. The lowest BCUT2D eigenvalue weighted by atomic mass is 9.70. The predicted molar refractivity (Wildman–Crippen MR) is 59.7 cm³/mol. The molecule has 0 amide bonds. The molecule has 0 saturated heterocycles. The lowest BCUT2D eigenvalue weighted by Crippen LogP contribution is -2.25. The lowest BCUT2D eigenvalue weighted by molar-refractivity contribution is 0.151. The topological polar surface area (TPSA) is 0 Å². The molecular weight excluding hydrogens is 156 g/mol. The maximum absolute atomic E-state index is 2.40. The van der Waals surface area contributed by atoms with Crippen molar-refractivity contribution in [2.24, 2.45) is 23.7 Å². The van der Waals surface area contributed by atoms with E-state index in [9.17, 15) is 0 Å². The molecule has 1 aliphatic rings. The van der Waals surface area contributed by atoms with Gasteiger partial charge in [-0.1, -0.05) is 40.5 Å². The Kier molecular flexibility index (Phi) is 4.28. The molecule has 2 unspecified atom stereocenters. The molecule has 0 aromatic carbocycles. The first kappa shape index (κ1) is 11.1. The highest BCUT2D eigenvalue weighted by Crippen LogP contribution is 2.39. The van der Waals surface area contributed by atoms with Crippen molar-refractivity contribution in [3.8, 4) is 0 Å². The van der Waals surface area contributed by atoms with Gasteiger partial charge in [-0.15, -0.1) is 0 Å². The SMILES string of the molecule is CCC1CC(CC)CC(C(C)C)C1. The van der Waals surface area contributed by atoms with Crippen molar-refractivity contribution >= 4 is 0 Å². The highest BCUT2D eigenvalue weighted by atomic mass is 14.3. The summed E-state index contributed by atoms with van der Waals surface area (Å²) in [6.45, 7) is 9.52. The van der Waals surface area contributed by atoms with Gasteiger partial charge in [-0.3, -0.25) is 0 Å². The molecule has 0 radical (unpaired) electrons. The van der Waals surface area contributed by atoms with Crippen LogP contribution in [0.2, 0.25) is 0 Å². The average Bonchev–Trinajstić information content (AvgIpc) is 2.16. The van der Waals surface area contributed by atoms with Crippen molar-refractivity contribution in [3.05, 3.63) is 0 Å². The summed E-state index contributed by atoms with van der Waals surface area (Å²) in [6, 6.07) is 0. The van der Waals surface area contributed by atoms with Crippen molar-refractivity contribution in [2.45, 2.75) is 59.8 Å².